The van der Waals surface area contributed by atoms with Crippen LogP contribution in [0.5, 0.6) is 0 Å². The van der Waals surface area contributed by atoms with Crippen LogP contribution in [0, 0.1) is 0 Å². The second-order valence-corrected chi connectivity index (χ2v) is 8.37. The largest absolute Gasteiger partial charge is 0.435 e. The molecule has 35 heavy (non-hydrogen) atoms. The van der Waals surface area contributed by atoms with Gasteiger partial charge >= 0.3 is 6.18 Å². The minimum absolute atomic E-state index is 0.180. The van der Waals surface area contributed by atoms with Gasteiger partial charge in [0.05, 0.1) is 5.69 Å². The van der Waals surface area contributed by atoms with E-state index in [1.807, 2.05) is 24.3 Å². The Morgan fingerprint density at radius 1 is 1.06 bits per heavy atom. The van der Waals surface area contributed by atoms with Crippen molar-refractivity contribution < 1.29 is 22.5 Å². The average Bonchev–Trinajstić information content (AvgIpc) is 3.52. The van der Waals surface area contributed by atoms with Gasteiger partial charge in [-0.25, -0.2) is 4.68 Å². The summed E-state index contributed by atoms with van der Waals surface area (Å²) in [5, 5.41) is 10.3. The first-order valence-electron chi connectivity index (χ1n) is 11.1. The summed E-state index contributed by atoms with van der Waals surface area (Å²) in [6.07, 6.45) is -2.75. The lowest BCUT2D eigenvalue weighted by Gasteiger charge is -2.07. The Balaban J connectivity index is 1.26. The Morgan fingerprint density at radius 3 is 2.40 bits per heavy atom. The number of aryl methyl sites for hydroxylation is 1. The van der Waals surface area contributed by atoms with Crippen molar-refractivity contribution in [3.8, 4) is 17.1 Å². The molecule has 4 rings (SSSR count). The van der Waals surface area contributed by atoms with Gasteiger partial charge in [0.2, 0.25) is 17.6 Å². The van der Waals surface area contributed by atoms with Gasteiger partial charge in [0.15, 0.2) is 5.69 Å². The van der Waals surface area contributed by atoms with E-state index in [1.54, 1.807) is 24.3 Å². The zero-order valence-corrected chi connectivity index (χ0v) is 19.2. The van der Waals surface area contributed by atoms with E-state index in [9.17, 15) is 18.0 Å². The number of carbonyl (C=O) groups is 1. The van der Waals surface area contributed by atoms with Gasteiger partial charge in [-0.05, 0) is 35.2 Å². The van der Waals surface area contributed by atoms with Crippen LogP contribution in [0.1, 0.15) is 48.9 Å². The highest BCUT2D eigenvalue weighted by atomic mass is 19.4. The summed E-state index contributed by atoms with van der Waals surface area (Å²) in [4.78, 5) is 16.6. The smallest absolute Gasteiger partial charge is 0.352 e. The number of benzene rings is 2. The molecular formula is C25H24F3N5O2. The van der Waals surface area contributed by atoms with Crippen LogP contribution in [0.15, 0.2) is 65.3 Å². The summed E-state index contributed by atoms with van der Waals surface area (Å²) in [6.45, 7) is 4.53. The van der Waals surface area contributed by atoms with E-state index in [2.05, 4.69) is 34.4 Å². The minimum Gasteiger partial charge on any atom is -0.352 e. The summed E-state index contributed by atoms with van der Waals surface area (Å²) in [5.74, 6) is 1.11. The highest BCUT2D eigenvalue weighted by Crippen LogP contribution is 2.28. The normalized spacial score (nSPS) is 11.7. The first-order valence-corrected chi connectivity index (χ1v) is 11.1. The molecule has 2 heterocycles. The van der Waals surface area contributed by atoms with Crippen LogP contribution in [0.3, 0.4) is 0 Å². The first-order chi connectivity index (χ1) is 16.7. The molecule has 0 unspecified atom stereocenters. The molecule has 0 aliphatic carbocycles. The maximum absolute atomic E-state index is 12.7. The van der Waals surface area contributed by atoms with E-state index >= 15 is 0 Å². The number of rotatable bonds is 8. The molecule has 1 N–H and O–H groups in total. The maximum Gasteiger partial charge on any atom is 0.435 e. The highest BCUT2D eigenvalue weighted by Gasteiger charge is 2.33. The lowest BCUT2D eigenvalue weighted by Crippen LogP contribution is -2.23. The van der Waals surface area contributed by atoms with Crippen LogP contribution < -0.4 is 5.32 Å². The number of nitrogens with zero attached hydrogens (tertiary/aromatic N) is 4. The van der Waals surface area contributed by atoms with Crippen molar-refractivity contribution in [2.75, 3.05) is 0 Å². The molecule has 0 bridgehead atoms. The van der Waals surface area contributed by atoms with Gasteiger partial charge in [-0.2, -0.15) is 23.3 Å². The number of halogens is 3. The predicted octanol–water partition coefficient (Wildman–Crippen LogP) is 5.31. The standard InChI is InChI=1S/C25H24F3N5O2/c1-16(2)18-5-7-19(8-6-18)24-30-23(35-32-24)12-11-22(34)29-15-17-3-9-20(10-4-17)33-14-13-21(31-33)25(26,27)28/h3-10,13-14,16H,11-12,15H2,1-2H3,(H,29,34). The van der Waals surface area contributed by atoms with Gasteiger partial charge in [-0.15, -0.1) is 0 Å². The zero-order valence-electron chi connectivity index (χ0n) is 19.2. The Bertz CT molecular complexity index is 1280. The molecule has 1 amide bonds. The predicted molar refractivity (Wildman–Crippen MR) is 123 cm³/mol. The molecule has 0 atom stereocenters. The third-order valence-electron chi connectivity index (χ3n) is 5.44. The van der Waals surface area contributed by atoms with Crippen molar-refractivity contribution in [3.63, 3.8) is 0 Å². The van der Waals surface area contributed by atoms with Gasteiger partial charge in [0, 0.05) is 31.1 Å². The van der Waals surface area contributed by atoms with Gasteiger partial charge in [-0.3, -0.25) is 4.79 Å². The van der Waals surface area contributed by atoms with Crippen LogP contribution in [-0.2, 0) is 23.9 Å². The number of hydrogen-bond donors (Lipinski definition) is 1. The number of amides is 1. The summed E-state index contributed by atoms with van der Waals surface area (Å²) >= 11 is 0. The minimum atomic E-state index is -4.49. The van der Waals surface area contributed by atoms with E-state index < -0.39 is 11.9 Å². The van der Waals surface area contributed by atoms with Crippen molar-refractivity contribution in [3.05, 3.63) is 83.5 Å². The quantitative estimate of drug-likeness (QED) is 0.367. The fourth-order valence-corrected chi connectivity index (χ4v) is 3.39. The van der Waals surface area contributed by atoms with Crippen LogP contribution in [0.25, 0.3) is 17.1 Å². The highest BCUT2D eigenvalue weighted by molar-refractivity contribution is 5.76. The number of nitrogens with one attached hydrogen (secondary N) is 1. The summed E-state index contributed by atoms with van der Waals surface area (Å²) in [5.41, 5.74) is 2.41. The van der Waals surface area contributed by atoms with Crippen molar-refractivity contribution in [2.24, 2.45) is 0 Å². The summed E-state index contributed by atoms with van der Waals surface area (Å²) < 4.78 is 44.6. The topological polar surface area (TPSA) is 85.8 Å². The first kappa shape index (κ1) is 24.2. The maximum atomic E-state index is 12.7. The molecule has 0 radical (unpaired) electrons. The Morgan fingerprint density at radius 2 is 1.77 bits per heavy atom. The van der Waals surface area contributed by atoms with E-state index in [1.165, 1.54) is 11.8 Å². The Kier molecular flexibility index (Phi) is 6.99. The molecule has 0 saturated heterocycles. The Hall–Kier alpha value is -3.95. The van der Waals surface area contributed by atoms with Gasteiger partial charge in [0.1, 0.15) is 0 Å². The van der Waals surface area contributed by atoms with E-state index in [-0.39, 0.29) is 18.9 Å². The fraction of sp³-hybridized carbons (Fsp3) is 0.280. The molecule has 0 fully saturated rings. The van der Waals surface area contributed by atoms with E-state index in [0.29, 0.717) is 29.7 Å². The number of hydrogen-bond acceptors (Lipinski definition) is 5. The molecule has 4 aromatic rings. The lowest BCUT2D eigenvalue weighted by atomic mass is 10.0. The van der Waals surface area contributed by atoms with Crippen molar-refractivity contribution in [1.82, 2.24) is 25.2 Å². The molecule has 7 nitrogen and oxygen atoms in total. The lowest BCUT2D eigenvalue weighted by molar-refractivity contribution is -0.141. The molecular weight excluding hydrogens is 459 g/mol. The second kappa shape index (κ2) is 10.1. The van der Waals surface area contributed by atoms with Crippen LogP contribution >= 0.6 is 0 Å². The van der Waals surface area contributed by atoms with Crippen molar-refractivity contribution in [1.29, 1.82) is 0 Å². The third kappa shape index (κ3) is 6.14. The molecule has 0 aliphatic heterocycles. The Labute approximate surface area is 200 Å². The molecule has 2 aromatic heterocycles. The molecule has 2 aromatic carbocycles. The summed E-state index contributed by atoms with van der Waals surface area (Å²) in [7, 11) is 0. The van der Waals surface area contributed by atoms with Gasteiger partial charge in [0.25, 0.3) is 0 Å². The zero-order chi connectivity index (χ0) is 25.0. The molecule has 0 aliphatic rings. The second-order valence-electron chi connectivity index (χ2n) is 8.37. The van der Waals surface area contributed by atoms with Crippen LogP contribution in [-0.4, -0.2) is 25.8 Å². The monoisotopic (exact) mass is 483 g/mol. The van der Waals surface area contributed by atoms with Gasteiger partial charge in [-0.1, -0.05) is 55.4 Å². The number of carbonyl (C=O) groups excluding carboxylic acids is 1. The van der Waals surface area contributed by atoms with Gasteiger partial charge < -0.3 is 9.84 Å². The summed E-state index contributed by atoms with van der Waals surface area (Å²) in [6, 6.07) is 15.6. The molecule has 10 heteroatoms. The van der Waals surface area contributed by atoms with Crippen LogP contribution in [0.2, 0.25) is 0 Å². The molecule has 0 spiro atoms. The van der Waals surface area contributed by atoms with Crippen molar-refractivity contribution >= 4 is 5.91 Å². The third-order valence-corrected chi connectivity index (χ3v) is 5.44. The van der Waals surface area contributed by atoms with Crippen molar-refractivity contribution in [2.45, 2.75) is 45.3 Å². The molecule has 182 valence electrons. The van der Waals surface area contributed by atoms with Crippen LogP contribution in [0.4, 0.5) is 13.2 Å². The average molecular weight is 483 g/mol. The van der Waals surface area contributed by atoms with E-state index in [4.69, 9.17) is 4.52 Å². The molecule has 0 saturated carbocycles. The van der Waals surface area contributed by atoms with E-state index in [0.717, 1.165) is 21.9 Å². The number of aromatic nitrogens is 4. The SMILES string of the molecule is CC(C)c1ccc(-c2noc(CCC(=O)NCc3ccc(-n4ccc(C(F)(F)F)n4)cc3)n2)cc1. The number of alkyl halides is 3. The fourth-order valence-electron chi connectivity index (χ4n) is 3.39.